The fourth-order valence-electron chi connectivity index (χ4n) is 2.49. The molecule has 0 aliphatic heterocycles. The molecule has 0 radical (unpaired) electrons. The molecule has 2 rings (SSSR count). The number of hydrogen-bond donors (Lipinski definition) is 3. The summed E-state index contributed by atoms with van der Waals surface area (Å²) in [5.41, 5.74) is -0.0180. The molecular formula is C18H23N3O6S. The van der Waals surface area contributed by atoms with Crippen molar-refractivity contribution >= 4 is 27.5 Å². The van der Waals surface area contributed by atoms with Crippen molar-refractivity contribution in [3.05, 3.63) is 42.4 Å². The lowest BCUT2D eigenvalue weighted by Crippen LogP contribution is -2.30. The SMILES string of the molecule is CCN(CC)S(=O)(=O)c1ccc(O)c(NC(=O)CCNC(=O)c2ccco2)c1. The van der Waals surface area contributed by atoms with Crippen LogP contribution in [0.25, 0.3) is 0 Å². The van der Waals surface area contributed by atoms with E-state index in [4.69, 9.17) is 4.42 Å². The van der Waals surface area contributed by atoms with Crippen LogP contribution in [0.5, 0.6) is 5.75 Å². The summed E-state index contributed by atoms with van der Waals surface area (Å²) in [6, 6.07) is 6.77. The molecule has 0 unspecified atom stereocenters. The summed E-state index contributed by atoms with van der Waals surface area (Å²) in [6.45, 7) is 4.10. The van der Waals surface area contributed by atoms with Gasteiger partial charge in [-0.25, -0.2) is 8.42 Å². The van der Waals surface area contributed by atoms with Gasteiger partial charge in [0.15, 0.2) is 5.76 Å². The van der Waals surface area contributed by atoms with Crippen molar-refractivity contribution in [2.24, 2.45) is 0 Å². The summed E-state index contributed by atoms with van der Waals surface area (Å²) in [5, 5.41) is 14.9. The minimum absolute atomic E-state index is 0.0180. The zero-order valence-corrected chi connectivity index (χ0v) is 16.5. The minimum atomic E-state index is -3.73. The molecular weight excluding hydrogens is 386 g/mol. The van der Waals surface area contributed by atoms with E-state index < -0.39 is 21.8 Å². The van der Waals surface area contributed by atoms with Crippen LogP contribution in [0.4, 0.5) is 5.69 Å². The van der Waals surface area contributed by atoms with Crippen molar-refractivity contribution in [3.8, 4) is 5.75 Å². The summed E-state index contributed by atoms with van der Waals surface area (Å²) in [7, 11) is -3.73. The number of hydrogen-bond acceptors (Lipinski definition) is 6. The number of nitrogens with zero attached hydrogens (tertiary/aromatic N) is 1. The first-order valence-corrected chi connectivity index (χ1v) is 10.2. The van der Waals surface area contributed by atoms with Gasteiger partial charge in [-0.3, -0.25) is 9.59 Å². The van der Waals surface area contributed by atoms with E-state index >= 15 is 0 Å². The van der Waals surface area contributed by atoms with E-state index in [0.717, 1.165) is 0 Å². The maximum atomic E-state index is 12.6. The average Bonchev–Trinajstić information content (AvgIpc) is 3.19. The van der Waals surface area contributed by atoms with Gasteiger partial charge in [-0.2, -0.15) is 4.31 Å². The lowest BCUT2D eigenvalue weighted by molar-refractivity contribution is -0.116. The summed E-state index contributed by atoms with van der Waals surface area (Å²) in [4.78, 5) is 23.8. The first-order valence-electron chi connectivity index (χ1n) is 8.74. The molecule has 10 heteroatoms. The zero-order chi connectivity index (χ0) is 20.7. The van der Waals surface area contributed by atoms with E-state index in [1.54, 1.807) is 19.9 Å². The van der Waals surface area contributed by atoms with Crippen LogP contribution in [0.1, 0.15) is 30.8 Å². The number of amides is 2. The topological polar surface area (TPSA) is 129 Å². The van der Waals surface area contributed by atoms with Crippen molar-refractivity contribution in [2.75, 3.05) is 25.0 Å². The molecule has 0 aliphatic rings. The predicted molar refractivity (Wildman–Crippen MR) is 103 cm³/mol. The van der Waals surface area contributed by atoms with Crippen LogP contribution in [0.2, 0.25) is 0 Å². The van der Waals surface area contributed by atoms with Gasteiger partial charge in [-0.05, 0) is 30.3 Å². The molecule has 9 nitrogen and oxygen atoms in total. The number of phenolic OH excluding ortho intramolecular Hbond substituents is 1. The van der Waals surface area contributed by atoms with Crippen molar-refractivity contribution in [2.45, 2.75) is 25.2 Å². The Bertz CT molecular complexity index is 921. The van der Waals surface area contributed by atoms with E-state index in [9.17, 15) is 23.1 Å². The first-order chi connectivity index (χ1) is 13.3. The molecule has 2 aromatic rings. The molecule has 1 aromatic heterocycles. The third-order valence-electron chi connectivity index (χ3n) is 3.97. The van der Waals surface area contributed by atoms with Crippen LogP contribution < -0.4 is 10.6 Å². The molecule has 28 heavy (non-hydrogen) atoms. The lowest BCUT2D eigenvalue weighted by Gasteiger charge is -2.19. The van der Waals surface area contributed by atoms with Gasteiger partial charge in [0.1, 0.15) is 5.75 Å². The summed E-state index contributed by atoms with van der Waals surface area (Å²) < 4.78 is 31.4. The second-order valence-corrected chi connectivity index (χ2v) is 7.74. The molecule has 2 amide bonds. The molecule has 0 spiro atoms. The van der Waals surface area contributed by atoms with Gasteiger partial charge in [0.05, 0.1) is 16.8 Å². The van der Waals surface area contributed by atoms with E-state index in [-0.39, 0.29) is 35.1 Å². The Morgan fingerprint density at radius 3 is 2.50 bits per heavy atom. The fraction of sp³-hybridized carbons (Fsp3) is 0.333. The highest BCUT2D eigenvalue weighted by molar-refractivity contribution is 7.89. The zero-order valence-electron chi connectivity index (χ0n) is 15.6. The number of nitrogens with one attached hydrogen (secondary N) is 2. The number of benzene rings is 1. The number of anilines is 1. The number of carbonyl (C=O) groups excluding carboxylic acids is 2. The van der Waals surface area contributed by atoms with E-state index in [1.807, 2.05) is 0 Å². The fourth-order valence-corrected chi connectivity index (χ4v) is 3.97. The lowest BCUT2D eigenvalue weighted by atomic mass is 10.2. The van der Waals surface area contributed by atoms with Crippen LogP contribution >= 0.6 is 0 Å². The van der Waals surface area contributed by atoms with Crippen LogP contribution in [0.3, 0.4) is 0 Å². The molecule has 0 saturated carbocycles. The van der Waals surface area contributed by atoms with Crippen molar-refractivity contribution < 1.29 is 27.5 Å². The highest BCUT2D eigenvalue weighted by Crippen LogP contribution is 2.28. The first kappa shape index (κ1) is 21.5. The number of aromatic hydroxyl groups is 1. The third kappa shape index (κ3) is 5.11. The molecule has 3 N–H and O–H groups in total. The van der Waals surface area contributed by atoms with Crippen molar-refractivity contribution in [3.63, 3.8) is 0 Å². The molecule has 152 valence electrons. The predicted octanol–water partition coefficient (Wildman–Crippen LogP) is 1.77. The summed E-state index contributed by atoms with van der Waals surface area (Å²) in [5.74, 6) is -1.07. The van der Waals surface area contributed by atoms with E-state index in [1.165, 1.54) is 34.8 Å². The van der Waals surface area contributed by atoms with Gasteiger partial charge in [0, 0.05) is 26.1 Å². The largest absolute Gasteiger partial charge is 0.506 e. The van der Waals surface area contributed by atoms with Gasteiger partial charge < -0.3 is 20.2 Å². The monoisotopic (exact) mass is 409 g/mol. The smallest absolute Gasteiger partial charge is 0.286 e. The molecule has 0 aliphatic carbocycles. The van der Waals surface area contributed by atoms with Gasteiger partial charge in [0.2, 0.25) is 15.9 Å². The maximum Gasteiger partial charge on any atom is 0.286 e. The summed E-state index contributed by atoms with van der Waals surface area (Å²) in [6.07, 6.45) is 1.29. The Morgan fingerprint density at radius 1 is 1.18 bits per heavy atom. The number of phenols is 1. The second kappa shape index (κ2) is 9.38. The highest BCUT2D eigenvalue weighted by Gasteiger charge is 2.23. The Hall–Kier alpha value is -2.85. The quantitative estimate of drug-likeness (QED) is 0.542. The Morgan fingerprint density at radius 2 is 1.89 bits per heavy atom. The van der Waals surface area contributed by atoms with Crippen LogP contribution in [0.15, 0.2) is 45.9 Å². The highest BCUT2D eigenvalue weighted by atomic mass is 32.2. The van der Waals surface area contributed by atoms with Gasteiger partial charge in [-0.1, -0.05) is 13.8 Å². The molecule has 0 bridgehead atoms. The van der Waals surface area contributed by atoms with Crippen LogP contribution in [0, 0.1) is 0 Å². The third-order valence-corrected chi connectivity index (χ3v) is 6.01. The van der Waals surface area contributed by atoms with E-state index in [2.05, 4.69) is 10.6 Å². The standard InChI is InChI=1S/C18H23N3O6S/c1-3-21(4-2)28(25,26)13-7-8-15(22)14(12-13)20-17(23)9-10-19-18(24)16-6-5-11-27-16/h5-8,11-12,22H,3-4,9-10H2,1-2H3,(H,19,24)(H,20,23). The van der Waals surface area contributed by atoms with Crippen molar-refractivity contribution in [1.82, 2.24) is 9.62 Å². The Labute approximate surface area is 163 Å². The summed E-state index contributed by atoms with van der Waals surface area (Å²) >= 11 is 0. The van der Waals surface area contributed by atoms with Crippen molar-refractivity contribution in [1.29, 1.82) is 0 Å². The molecule has 0 saturated heterocycles. The van der Waals surface area contributed by atoms with Gasteiger partial charge >= 0.3 is 0 Å². The van der Waals surface area contributed by atoms with Crippen LogP contribution in [-0.4, -0.2) is 49.3 Å². The molecule has 1 aromatic carbocycles. The number of sulfonamides is 1. The average molecular weight is 409 g/mol. The number of rotatable bonds is 9. The van der Waals surface area contributed by atoms with Gasteiger partial charge in [0.25, 0.3) is 5.91 Å². The molecule has 0 atom stereocenters. The van der Waals surface area contributed by atoms with Crippen LogP contribution in [-0.2, 0) is 14.8 Å². The minimum Gasteiger partial charge on any atom is -0.506 e. The Balaban J connectivity index is 2.01. The number of carbonyl (C=O) groups is 2. The molecule has 1 heterocycles. The van der Waals surface area contributed by atoms with Gasteiger partial charge in [-0.15, -0.1) is 0 Å². The normalized spacial score (nSPS) is 11.4. The number of furan rings is 1. The maximum absolute atomic E-state index is 12.6. The Kier molecular flexibility index (Phi) is 7.18. The molecule has 0 fully saturated rings. The van der Waals surface area contributed by atoms with E-state index in [0.29, 0.717) is 13.1 Å². The second-order valence-electron chi connectivity index (χ2n) is 5.80.